The Balaban J connectivity index is 0.951. The fraction of sp³-hybridized carbons (Fsp3) is 0.0714. The first kappa shape index (κ1) is 34.9. The number of hydrogen-bond acceptors (Lipinski definition) is 3. The number of fused-ring (bicyclic) bond motifs is 4. The van der Waals surface area contributed by atoms with E-state index in [4.69, 9.17) is 5.73 Å². The van der Waals surface area contributed by atoms with E-state index < -0.39 is 0 Å². The molecule has 282 valence electrons. The van der Waals surface area contributed by atoms with Gasteiger partial charge in [0.05, 0.1) is 17.8 Å². The van der Waals surface area contributed by atoms with Crippen LogP contribution in [0.2, 0.25) is 0 Å². The first-order valence-electron chi connectivity index (χ1n) is 20.6. The van der Waals surface area contributed by atoms with Crippen LogP contribution in [0.3, 0.4) is 0 Å². The van der Waals surface area contributed by atoms with Gasteiger partial charge in [-0.2, -0.15) is 0 Å². The third kappa shape index (κ3) is 5.81. The molecule has 0 amide bonds. The van der Waals surface area contributed by atoms with Gasteiger partial charge in [-0.1, -0.05) is 188 Å². The van der Waals surface area contributed by atoms with Crippen molar-refractivity contribution in [3.8, 4) is 22.3 Å². The quantitative estimate of drug-likeness (QED) is 0.176. The van der Waals surface area contributed by atoms with Gasteiger partial charge in [0.1, 0.15) is 0 Å². The number of rotatable bonds is 4. The Bertz CT molecular complexity index is 3070. The van der Waals surface area contributed by atoms with E-state index in [9.17, 15) is 0 Å². The number of allylic oxidation sites excluding steroid dienone is 6. The van der Waals surface area contributed by atoms with Gasteiger partial charge in [0.15, 0.2) is 0 Å². The Morgan fingerprint density at radius 3 is 1.86 bits per heavy atom. The van der Waals surface area contributed by atoms with Crippen molar-refractivity contribution in [2.24, 2.45) is 5.73 Å². The molecule has 2 heterocycles. The molecule has 3 aliphatic rings. The minimum atomic E-state index is -0.0618. The third-order valence-electron chi connectivity index (χ3n) is 12.7. The smallest absolute Gasteiger partial charge is 0.0774 e. The molecule has 8 aromatic carbocycles. The van der Waals surface area contributed by atoms with Gasteiger partial charge in [0.25, 0.3) is 0 Å². The monoisotopic (exact) mass is 757 g/mol. The number of hydrogen-bond donors (Lipinski definition) is 2. The zero-order valence-electron chi connectivity index (χ0n) is 32.9. The van der Waals surface area contributed by atoms with Crippen LogP contribution < -0.4 is 11.1 Å². The van der Waals surface area contributed by atoms with E-state index in [1.165, 1.54) is 99.2 Å². The van der Waals surface area contributed by atoms with Crippen molar-refractivity contribution < 1.29 is 0 Å². The Hall–Kier alpha value is -7.36. The molecule has 2 aliphatic heterocycles. The minimum Gasteiger partial charge on any atom is -0.403 e. The van der Waals surface area contributed by atoms with E-state index in [1.807, 2.05) is 0 Å². The number of nitrogens with two attached hydrogens (primary N) is 1. The predicted octanol–water partition coefficient (Wildman–Crippen LogP) is 13.2. The lowest BCUT2D eigenvalue weighted by molar-refractivity contribution is 0.344. The lowest BCUT2D eigenvalue weighted by Crippen LogP contribution is -2.31. The lowest BCUT2D eigenvalue weighted by atomic mass is 9.80. The first-order valence-corrected chi connectivity index (χ1v) is 20.6. The van der Waals surface area contributed by atoms with Crippen LogP contribution in [0.4, 0.5) is 0 Å². The van der Waals surface area contributed by atoms with E-state index in [0.717, 1.165) is 12.1 Å². The maximum Gasteiger partial charge on any atom is 0.0774 e. The largest absolute Gasteiger partial charge is 0.403 e. The summed E-state index contributed by atoms with van der Waals surface area (Å²) < 4.78 is 0. The molecule has 3 nitrogen and oxygen atoms in total. The van der Waals surface area contributed by atoms with E-state index in [2.05, 4.69) is 211 Å². The molecule has 0 radical (unpaired) electrons. The van der Waals surface area contributed by atoms with Gasteiger partial charge in [-0.3, -0.25) is 0 Å². The summed E-state index contributed by atoms with van der Waals surface area (Å²) in [4.78, 5) is 2.45. The molecule has 2 unspecified atom stereocenters. The van der Waals surface area contributed by atoms with E-state index >= 15 is 0 Å². The standard InChI is InChI=1S/C56H43N3/c1-59-51(42-29-23-36-13-5-6-16-41(36)33-42)32-31-37-24-30-43(34-52(37)59)55-48-21-11-12-22-49(48)56(58-50(55)35-57)40-27-25-39(26-28-40)54-46-19-9-7-17-44(46)53(38-14-3-2-4-15-38)45-18-8-10-20-47(45)54/h2-33,35,51,56,58H,34,57H2,1H3/b50-35+,55-43?. The van der Waals surface area contributed by atoms with Crippen LogP contribution in [0.1, 0.15) is 40.8 Å². The van der Waals surface area contributed by atoms with Gasteiger partial charge >= 0.3 is 0 Å². The van der Waals surface area contributed by atoms with Crippen molar-refractivity contribution in [2.75, 3.05) is 7.05 Å². The van der Waals surface area contributed by atoms with E-state index in [0.29, 0.717) is 0 Å². The predicted molar refractivity (Wildman–Crippen MR) is 247 cm³/mol. The fourth-order valence-corrected chi connectivity index (χ4v) is 9.86. The van der Waals surface area contributed by atoms with Crippen molar-refractivity contribution in [3.05, 3.63) is 245 Å². The highest BCUT2D eigenvalue weighted by molar-refractivity contribution is 6.21. The van der Waals surface area contributed by atoms with Gasteiger partial charge in [0, 0.05) is 30.9 Å². The maximum atomic E-state index is 6.54. The minimum absolute atomic E-state index is 0.0618. The van der Waals surface area contributed by atoms with Crippen LogP contribution in [0, 0.1) is 0 Å². The second kappa shape index (κ2) is 14.2. The second-order valence-corrected chi connectivity index (χ2v) is 15.9. The van der Waals surface area contributed by atoms with Gasteiger partial charge in [-0.25, -0.2) is 0 Å². The van der Waals surface area contributed by atoms with Gasteiger partial charge in [0.2, 0.25) is 0 Å². The van der Waals surface area contributed by atoms with Crippen LogP contribution in [-0.4, -0.2) is 11.9 Å². The summed E-state index contributed by atoms with van der Waals surface area (Å²) in [6.45, 7) is 0. The molecule has 8 aromatic rings. The summed E-state index contributed by atoms with van der Waals surface area (Å²) in [6, 6.07) is 62.0. The molecule has 1 aliphatic carbocycles. The van der Waals surface area contributed by atoms with Crippen molar-refractivity contribution in [1.82, 2.24) is 10.2 Å². The summed E-state index contributed by atoms with van der Waals surface area (Å²) in [5.41, 5.74) is 22.4. The van der Waals surface area contributed by atoms with E-state index in [1.54, 1.807) is 6.20 Å². The molecule has 3 heteroatoms. The Morgan fingerprint density at radius 2 is 1.17 bits per heavy atom. The third-order valence-corrected chi connectivity index (χ3v) is 12.7. The Kier molecular flexibility index (Phi) is 8.41. The van der Waals surface area contributed by atoms with Crippen LogP contribution in [0.15, 0.2) is 223 Å². The molecular weight excluding hydrogens is 715 g/mol. The topological polar surface area (TPSA) is 41.3 Å². The SMILES string of the molecule is CN1C2=C(C=CC(=C3/C(=C\N)NC(c4ccc(-c5c6ccccc6c(-c6ccccc6)c6ccccc56)cc4)c4ccccc43)C2)C=CC1c1ccc2ccccc2c1. The van der Waals surface area contributed by atoms with Gasteiger partial charge in [-0.15, -0.1) is 0 Å². The Labute approximate surface area is 345 Å². The van der Waals surface area contributed by atoms with Crippen LogP contribution in [0.5, 0.6) is 0 Å². The van der Waals surface area contributed by atoms with Crippen LogP contribution in [-0.2, 0) is 0 Å². The molecule has 0 saturated heterocycles. The molecule has 3 N–H and O–H groups in total. The molecule has 11 rings (SSSR count). The average molecular weight is 758 g/mol. The molecule has 0 saturated carbocycles. The highest BCUT2D eigenvalue weighted by atomic mass is 15.1. The first-order chi connectivity index (χ1) is 29.1. The van der Waals surface area contributed by atoms with Gasteiger partial charge < -0.3 is 16.0 Å². The molecule has 0 aromatic heterocycles. The fourth-order valence-electron chi connectivity index (χ4n) is 9.86. The van der Waals surface area contributed by atoms with Crippen molar-refractivity contribution in [1.29, 1.82) is 0 Å². The van der Waals surface area contributed by atoms with E-state index in [-0.39, 0.29) is 12.1 Å². The second-order valence-electron chi connectivity index (χ2n) is 15.9. The molecule has 59 heavy (non-hydrogen) atoms. The normalized spacial score (nSPS) is 19.3. The molecule has 0 spiro atoms. The summed E-state index contributed by atoms with van der Waals surface area (Å²) in [5.74, 6) is 0. The molecule has 2 atom stereocenters. The number of likely N-dealkylation sites (N-methyl/N-ethyl adjacent to an activating group) is 1. The summed E-state index contributed by atoms with van der Waals surface area (Å²) in [5, 5.41) is 11.5. The summed E-state index contributed by atoms with van der Waals surface area (Å²) >= 11 is 0. The summed E-state index contributed by atoms with van der Waals surface area (Å²) in [6.07, 6.45) is 11.7. The zero-order valence-corrected chi connectivity index (χ0v) is 32.9. The molecule has 0 fully saturated rings. The number of benzene rings is 8. The maximum absolute atomic E-state index is 6.54. The molecular formula is C56H43N3. The average Bonchev–Trinajstić information content (AvgIpc) is 3.30. The van der Waals surface area contributed by atoms with Crippen LogP contribution in [0.25, 0.3) is 60.1 Å². The Morgan fingerprint density at radius 1 is 0.576 bits per heavy atom. The number of nitrogens with one attached hydrogen (secondary N) is 1. The number of nitrogens with zero attached hydrogens (tertiary/aromatic N) is 1. The highest BCUT2D eigenvalue weighted by Gasteiger charge is 2.32. The van der Waals surface area contributed by atoms with Gasteiger partial charge in [-0.05, 0) is 94.0 Å². The van der Waals surface area contributed by atoms with Crippen LogP contribution >= 0.6 is 0 Å². The highest BCUT2D eigenvalue weighted by Crippen LogP contribution is 2.46. The van der Waals surface area contributed by atoms with Crippen molar-refractivity contribution in [3.63, 3.8) is 0 Å². The molecule has 0 bridgehead atoms. The van der Waals surface area contributed by atoms with Crippen molar-refractivity contribution in [2.45, 2.75) is 18.5 Å². The summed E-state index contributed by atoms with van der Waals surface area (Å²) in [7, 11) is 2.23. The zero-order chi connectivity index (χ0) is 39.5. The van der Waals surface area contributed by atoms with Crippen molar-refractivity contribution >= 4 is 37.9 Å². The lowest BCUT2D eigenvalue weighted by Gasteiger charge is -2.38.